The lowest BCUT2D eigenvalue weighted by Gasteiger charge is -2.22. The average Bonchev–Trinajstić information content (AvgIpc) is 2.53. The summed E-state index contributed by atoms with van der Waals surface area (Å²) in [4.78, 5) is 24.0. The highest BCUT2D eigenvalue weighted by molar-refractivity contribution is 6.03. The summed E-state index contributed by atoms with van der Waals surface area (Å²) in [5.41, 5.74) is -0.00343. The Morgan fingerprint density at radius 3 is 2.23 bits per heavy atom. The van der Waals surface area contributed by atoms with Crippen molar-refractivity contribution in [3.05, 3.63) is 35.4 Å². The minimum Gasteiger partial charge on any atom is -0.459 e. The monoisotopic (exact) mass is 312 g/mol. The first-order valence-electron chi connectivity index (χ1n) is 7.33. The number of carbonyl (C=O) groups is 2. The lowest BCUT2D eigenvalue weighted by Crippen LogP contribution is -2.23. The fraction of sp³-hybridized carbons (Fsp3) is 0.500. The van der Waals surface area contributed by atoms with Crippen molar-refractivity contribution in [1.82, 2.24) is 0 Å². The van der Waals surface area contributed by atoms with E-state index >= 15 is 0 Å². The topological polar surface area (TPSA) is 52.6 Å². The summed E-state index contributed by atoms with van der Waals surface area (Å²) >= 11 is 0. The van der Waals surface area contributed by atoms with Crippen LogP contribution >= 0.6 is 0 Å². The zero-order valence-electron chi connectivity index (χ0n) is 12.1. The van der Waals surface area contributed by atoms with Gasteiger partial charge in [-0.25, -0.2) is 18.4 Å². The van der Waals surface area contributed by atoms with Gasteiger partial charge in [-0.2, -0.15) is 0 Å². The molecule has 0 unspecified atom stereocenters. The summed E-state index contributed by atoms with van der Waals surface area (Å²) in [6, 6.07) is 5.92. The first kappa shape index (κ1) is 16.4. The number of alkyl halides is 2. The fourth-order valence-corrected chi connectivity index (χ4v) is 2.45. The van der Waals surface area contributed by atoms with Crippen molar-refractivity contribution in [1.29, 1.82) is 0 Å². The van der Waals surface area contributed by atoms with E-state index in [1.54, 1.807) is 6.07 Å². The Kier molecular flexibility index (Phi) is 5.86. The number of ether oxygens (including phenoxy) is 2. The highest BCUT2D eigenvalue weighted by Crippen LogP contribution is 2.22. The molecular formula is C16H18F2O4. The second kappa shape index (κ2) is 7.87. The first-order valence-corrected chi connectivity index (χ1v) is 7.33. The van der Waals surface area contributed by atoms with Gasteiger partial charge in [0, 0.05) is 0 Å². The molecule has 0 spiro atoms. The van der Waals surface area contributed by atoms with Crippen LogP contribution in [0.5, 0.6) is 0 Å². The molecule has 0 amide bonds. The average molecular weight is 312 g/mol. The third-order valence-corrected chi connectivity index (χ3v) is 3.53. The maximum absolute atomic E-state index is 12.2. The third kappa shape index (κ3) is 4.51. The van der Waals surface area contributed by atoms with Crippen LogP contribution in [0.15, 0.2) is 24.3 Å². The lowest BCUT2D eigenvalue weighted by molar-refractivity contribution is 0.0139. The van der Waals surface area contributed by atoms with Gasteiger partial charge in [-0.15, -0.1) is 0 Å². The zero-order chi connectivity index (χ0) is 15.9. The standard InChI is InChI=1S/C16H18F2O4/c17-14(18)10-21-15(19)12-8-4-5-9-13(12)16(20)22-11-6-2-1-3-7-11/h4-5,8-9,11,14H,1-3,6-7,10H2. The molecule has 0 heterocycles. The van der Waals surface area contributed by atoms with Gasteiger partial charge in [-0.3, -0.25) is 0 Å². The van der Waals surface area contributed by atoms with Gasteiger partial charge in [-0.05, 0) is 37.8 Å². The first-order chi connectivity index (χ1) is 10.6. The van der Waals surface area contributed by atoms with Gasteiger partial charge in [0.05, 0.1) is 11.1 Å². The van der Waals surface area contributed by atoms with Crippen molar-refractivity contribution in [2.75, 3.05) is 6.61 Å². The van der Waals surface area contributed by atoms with E-state index in [0.717, 1.165) is 32.1 Å². The molecule has 1 aromatic carbocycles. The Bertz CT molecular complexity index is 525. The van der Waals surface area contributed by atoms with E-state index in [4.69, 9.17) is 4.74 Å². The molecule has 6 heteroatoms. The van der Waals surface area contributed by atoms with Crippen molar-refractivity contribution < 1.29 is 27.8 Å². The molecule has 0 aromatic heterocycles. The lowest BCUT2D eigenvalue weighted by atomic mass is 9.97. The summed E-state index contributed by atoms with van der Waals surface area (Å²) in [5, 5.41) is 0. The molecular weight excluding hydrogens is 294 g/mol. The quantitative estimate of drug-likeness (QED) is 0.780. The molecule has 4 nitrogen and oxygen atoms in total. The Morgan fingerprint density at radius 2 is 1.64 bits per heavy atom. The largest absolute Gasteiger partial charge is 0.459 e. The van der Waals surface area contributed by atoms with Crippen LogP contribution in [-0.4, -0.2) is 31.1 Å². The molecule has 0 bridgehead atoms. The maximum Gasteiger partial charge on any atom is 0.339 e. The summed E-state index contributed by atoms with van der Waals surface area (Å²) in [5.74, 6) is -1.56. The van der Waals surface area contributed by atoms with Gasteiger partial charge in [0.2, 0.25) is 0 Å². The smallest absolute Gasteiger partial charge is 0.339 e. The number of hydrogen-bond acceptors (Lipinski definition) is 4. The normalized spacial score (nSPS) is 15.6. The van der Waals surface area contributed by atoms with E-state index in [9.17, 15) is 18.4 Å². The SMILES string of the molecule is O=C(OCC(F)F)c1ccccc1C(=O)OC1CCCCC1. The zero-order valence-corrected chi connectivity index (χ0v) is 12.1. The summed E-state index contributed by atoms with van der Waals surface area (Å²) in [6.07, 6.45) is 1.88. The molecule has 1 aliphatic carbocycles. The number of esters is 2. The molecule has 1 saturated carbocycles. The summed E-state index contributed by atoms with van der Waals surface area (Å²) in [6.45, 7) is -0.995. The van der Waals surface area contributed by atoms with Crippen LogP contribution < -0.4 is 0 Å². The fourth-order valence-electron chi connectivity index (χ4n) is 2.45. The van der Waals surface area contributed by atoms with Crippen molar-refractivity contribution >= 4 is 11.9 Å². The van der Waals surface area contributed by atoms with E-state index in [2.05, 4.69) is 4.74 Å². The number of halogens is 2. The van der Waals surface area contributed by atoms with Crippen LogP contribution in [0, 0.1) is 0 Å². The Labute approximate surface area is 127 Å². The Balaban J connectivity index is 2.06. The van der Waals surface area contributed by atoms with Crippen LogP contribution in [0.4, 0.5) is 8.78 Å². The van der Waals surface area contributed by atoms with Gasteiger partial charge >= 0.3 is 11.9 Å². The van der Waals surface area contributed by atoms with Crippen LogP contribution in [0.3, 0.4) is 0 Å². The van der Waals surface area contributed by atoms with Crippen molar-refractivity contribution in [2.24, 2.45) is 0 Å². The molecule has 0 radical (unpaired) electrons. The second-order valence-electron chi connectivity index (χ2n) is 5.20. The van der Waals surface area contributed by atoms with Crippen LogP contribution in [-0.2, 0) is 9.47 Å². The van der Waals surface area contributed by atoms with E-state index in [1.807, 2.05) is 0 Å². The molecule has 0 saturated heterocycles. The summed E-state index contributed by atoms with van der Waals surface area (Å²) in [7, 11) is 0. The maximum atomic E-state index is 12.2. The molecule has 0 atom stereocenters. The van der Waals surface area contributed by atoms with Crippen molar-refractivity contribution in [3.8, 4) is 0 Å². The van der Waals surface area contributed by atoms with Crippen LogP contribution in [0.1, 0.15) is 52.8 Å². The van der Waals surface area contributed by atoms with Crippen molar-refractivity contribution in [3.63, 3.8) is 0 Å². The predicted molar refractivity (Wildman–Crippen MR) is 75.0 cm³/mol. The summed E-state index contributed by atoms with van der Waals surface area (Å²) < 4.78 is 34.1. The van der Waals surface area contributed by atoms with E-state index in [1.165, 1.54) is 18.2 Å². The van der Waals surface area contributed by atoms with E-state index in [-0.39, 0.29) is 17.2 Å². The van der Waals surface area contributed by atoms with Crippen LogP contribution in [0.25, 0.3) is 0 Å². The van der Waals surface area contributed by atoms with Crippen LogP contribution in [0.2, 0.25) is 0 Å². The van der Waals surface area contributed by atoms with Gasteiger partial charge in [0.1, 0.15) is 6.10 Å². The molecule has 0 N–H and O–H groups in total. The van der Waals surface area contributed by atoms with Gasteiger partial charge in [0.15, 0.2) is 6.61 Å². The number of hydrogen-bond donors (Lipinski definition) is 0. The predicted octanol–water partition coefficient (Wildman–Crippen LogP) is 3.60. The highest BCUT2D eigenvalue weighted by Gasteiger charge is 2.23. The minimum absolute atomic E-state index is 0.0485. The van der Waals surface area contributed by atoms with Crippen molar-refractivity contribution in [2.45, 2.75) is 44.6 Å². The number of rotatable bonds is 5. The Hall–Kier alpha value is -1.98. The molecule has 22 heavy (non-hydrogen) atoms. The van der Waals surface area contributed by atoms with Gasteiger partial charge in [-0.1, -0.05) is 18.6 Å². The minimum atomic E-state index is -2.75. The molecule has 1 aromatic rings. The molecule has 0 aliphatic heterocycles. The Morgan fingerprint density at radius 1 is 1.05 bits per heavy atom. The molecule has 1 fully saturated rings. The third-order valence-electron chi connectivity index (χ3n) is 3.53. The van der Waals surface area contributed by atoms with E-state index in [0.29, 0.717) is 0 Å². The van der Waals surface area contributed by atoms with Gasteiger partial charge < -0.3 is 9.47 Å². The van der Waals surface area contributed by atoms with E-state index < -0.39 is 25.0 Å². The second-order valence-corrected chi connectivity index (χ2v) is 5.20. The molecule has 2 rings (SSSR count). The number of carbonyl (C=O) groups excluding carboxylic acids is 2. The highest BCUT2D eigenvalue weighted by atomic mass is 19.3. The number of benzene rings is 1. The molecule has 1 aliphatic rings. The van der Waals surface area contributed by atoms with Gasteiger partial charge in [0.25, 0.3) is 6.43 Å². The molecule has 120 valence electrons.